The zero-order chi connectivity index (χ0) is 13.5. The van der Waals surface area contributed by atoms with Crippen molar-refractivity contribution in [2.24, 2.45) is 0 Å². The van der Waals surface area contributed by atoms with Gasteiger partial charge in [0.2, 0.25) is 11.3 Å². The fraction of sp³-hybridized carbons (Fsp3) is 0.143. The molecule has 0 bridgehead atoms. The third-order valence-electron chi connectivity index (χ3n) is 1.75. The van der Waals surface area contributed by atoms with Crippen molar-refractivity contribution in [3.63, 3.8) is 0 Å². The Balaban J connectivity index is 3.22. The molecule has 98 valence electrons. The van der Waals surface area contributed by atoms with Crippen LogP contribution >= 0.6 is 58.7 Å². The summed E-state index contributed by atoms with van der Waals surface area (Å²) in [5.74, 6) is 0. The molecule has 0 fully saturated rings. The lowest BCUT2D eigenvalue weighted by atomic mass is 10.4. The SMILES string of the molecule is O=S(=O)(c1ccc(S(O)(O)O)cc1)C(Br)(Br)Br. The summed E-state index contributed by atoms with van der Waals surface area (Å²) >= 11 is 8.69. The summed E-state index contributed by atoms with van der Waals surface area (Å²) in [7, 11) is -7.55. The predicted molar refractivity (Wildman–Crippen MR) is 76.9 cm³/mol. The average molecular weight is 475 g/mol. The van der Waals surface area contributed by atoms with Crippen molar-refractivity contribution in [2.45, 2.75) is 11.3 Å². The van der Waals surface area contributed by atoms with E-state index in [-0.39, 0.29) is 9.79 Å². The molecule has 0 saturated carbocycles. The summed E-state index contributed by atoms with van der Waals surface area (Å²) in [5, 5.41) is 0. The fourth-order valence-corrected chi connectivity index (χ4v) is 3.88. The highest BCUT2D eigenvalue weighted by atomic mass is 80.0. The molecule has 1 aromatic rings. The minimum absolute atomic E-state index is 0.0597. The van der Waals surface area contributed by atoms with Crippen molar-refractivity contribution >= 4 is 68.5 Å². The van der Waals surface area contributed by atoms with Crippen LogP contribution in [0.4, 0.5) is 0 Å². The lowest BCUT2D eigenvalue weighted by molar-refractivity contribution is 0.376. The predicted octanol–water partition coefficient (Wildman–Crippen LogP) is 3.84. The fourth-order valence-electron chi connectivity index (χ4n) is 0.935. The van der Waals surface area contributed by atoms with E-state index in [9.17, 15) is 8.42 Å². The van der Waals surface area contributed by atoms with Crippen molar-refractivity contribution in [3.05, 3.63) is 24.3 Å². The van der Waals surface area contributed by atoms with Gasteiger partial charge in [0.25, 0.3) is 0 Å². The highest BCUT2D eigenvalue weighted by molar-refractivity contribution is 9.42. The van der Waals surface area contributed by atoms with E-state index in [2.05, 4.69) is 47.8 Å². The maximum Gasteiger partial charge on any atom is 0.239 e. The first kappa shape index (κ1) is 15.9. The Morgan fingerprint density at radius 1 is 0.882 bits per heavy atom. The van der Waals surface area contributed by atoms with Crippen LogP contribution in [0.3, 0.4) is 0 Å². The summed E-state index contributed by atoms with van der Waals surface area (Å²) < 4.78 is 49.2. The summed E-state index contributed by atoms with van der Waals surface area (Å²) in [6, 6.07) is 4.57. The zero-order valence-corrected chi connectivity index (χ0v) is 14.3. The molecule has 3 N–H and O–H groups in total. The van der Waals surface area contributed by atoms with Crippen molar-refractivity contribution in [1.82, 2.24) is 0 Å². The average Bonchev–Trinajstić information content (AvgIpc) is 2.15. The monoisotopic (exact) mass is 472 g/mol. The van der Waals surface area contributed by atoms with E-state index in [0.717, 1.165) is 24.3 Å². The van der Waals surface area contributed by atoms with Crippen LogP contribution in [-0.4, -0.2) is 23.6 Å². The van der Waals surface area contributed by atoms with Gasteiger partial charge in [0, 0.05) is 0 Å². The van der Waals surface area contributed by atoms with Gasteiger partial charge in [-0.1, -0.05) is 0 Å². The summed E-state index contributed by atoms with van der Waals surface area (Å²) in [5.41, 5.74) is 0. The Hall–Kier alpha value is 0.840. The molecule has 0 spiro atoms. The zero-order valence-electron chi connectivity index (χ0n) is 7.92. The number of benzene rings is 1. The van der Waals surface area contributed by atoms with Crippen molar-refractivity contribution < 1.29 is 22.1 Å². The maximum absolute atomic E-state index is 11.9. The van der Waals surface area contributed by atoms with Crippen LogP contribution in [0.15, 0.2) is 34.1 Å². The normalized spacial score (nSPS) is 14.7. The van der Waals surface area contributed by atoms with E-state index >= 15 is 0 Å². The Labute approximate surface area is 125 Å². The second-order valence-electron chi connectivity index (χ2n) is 2.94. The van der Waals surface area contributed by atoms with E-state index in [1.165, 1.54) is 0 Å². The van der Waals surface area contributed by atoms with Crippen LogP contribution in [0.1, 0.15) is 0 Å². The number of sulfone groups is 1. The molecule has 0 aliphatic heterocycles. The van der Waals surface area contributed by atoms with Gasteiger partial charge in [-0.25, -0.2) is 8.42 Å². The molecule has 0 radical (unpaired) electrons. The number of hydrogen-bond acceptors (Lipinski definition) is 5. The first-order chi connectivity index (χ1) is 7.46. The van der Waals surface area contributed by atoms with Gasteiger partial charge in [0.05, 0.1) is 9.79 Å². The molecule has 17 heavy (non-hydrogen) atoms. The number of halogens is 3. The molecule has 5 nitrogen and oxygen atoms in total. The molecule has 1 rings (SSSR count). The third-order valence-corrected chi connectivity index (χ3v) is 8.00. The standard InChI is InChI=1S/C7H7Br3O5S2/c8-7(9,10)16(11,12)5-1-3-6(4-2-5)17(13,14)15/h1-4,13-15H. The molecular weight excluding hydrogens is 468 g/mol. The Morgan fingerprint density at radius 3 is 1.53 bits per heavy atom. The van der Waals surface area contributed by atoms with Crippen LogP contribution in [0.25, 0.3) is 0 Å². The van der Waals surface area contributed by atoms with Gasteiger partial charge < -0.3 is 13.7 Å². The third kappa shape index (κ3) is 3.66. The molecular formula is C7H7Br3O5S2. The summed E-state index contributed by atoms with van der Waals surface area (Å²) in [4.78, 5) is -0.212. The van der Waals surface area contributed by atoms with Gasteiger partial charge in [-0.05, 0) is 72.1 Å². The van der Waals surface area contributed by atoms with Gasteiger partial charge in [-0.3, -0.25) is 0 Å². The van der Waals surface area contributed by atoms with Gasteiger partial charge >= 0.3 is 0 Å². The molecule has 0 unspecified atom stereocenters. The topological polar surface area (TPSA) is 94.8 Å². The highest BCUT2D eigenvalue weighted by Crippen LogP contribution is 2.46. The molecule has 0 saturated heterocycles. The van der Waals surface area contributed by atoms with Crippen LogP contribution in [0.2, 0.25) is 0 Å². The summed E-state index contributed by atoms with van der Waals surface area (Å²) in [6.45, 7) is 0. The lowest BCUT2D eigenvalue weighted by Crippen LogP contribution is -2.17. The smallest absolute Gasteiger partial charge is 0.239 e. The molecule has 0 aliphatic rings. The van der Waals surface area contributed by atoms with Crippen LogP contribution in [-0.2, 0) is 9.84 Å². The highest BCUT2D eigenvalue weighted by Gasteiger charge is 2.37. The minimum atomic E-state index is -3.83. The molecule has 0 atom stereocenters. The van der Waals surface area contributed by atoms with Crippen molar-refractivity contribution in [1.29, 1.82) is 0 Å². The summed E-state index contributed by atoms with van der Waals surface area (Å²) in [6.07, 6.45) is 0. The van der Waals surface area contributed by atoms with Gasteiger partial charge in [-0.15, -0.1) is 0 Å². The lowest BCUT2D eigenvalue weighted by Gasteiger charge is -2.19. The van der Waals surface area contributed by atoms with E-state index < -0.39 is 22.2 Å². The molecule has 10 heteroatoms. The van der Waals surface area contributed by atoms with Crippen LogP contribution in [0, 0.1) is 0 Å². The first-order valence-electron chi connectivity index (χ1n) is 3.88. The Kier molecular flexibility index (Phi) is 4.75. The molecule has 0 aromatic heterocycles. The molecule has 0 aliphatic carbocycles. The van der Waals surface area contributed by atoms with Crippen LogP contribution in [0.5, 0.6) is 0 Å². The van der Waals surface area contributed by atoms with Gasteiger partial charge in [0.1, 0.15) is 10.9 Å². The molecule has 0 heterocycles. The molecule has 1 aromatic carbocycles. The van der Waals surface area contributed by atoms with Gasteiger partial charge in [0.15, 0.2) is 0 Å². The van der Waals surface area contributed by atoms with Crippen molar-refractivity contribution in [3.8, 4) is 0 Å². The maximum atomic E-state index is 11.9. The van der Waals surface area contributed by atoms with E-state index in [1.807, 2.05) is 0 Å². The van der Waals surface area contributed by atoms with E-state index in [0.29, 0.717) is 0 Å². The van der Waals surface area contributed by atoms with E-state index in [4.69, 9.17) is 13.7 Å². The van der Waals surface area contributed by atoms with Crippen molar-refractivity contribution in [2.75, 3.05) is 0 Å². The van der Waals surface area contributed by atoms with E-state index in [1.54, 1.807) is 0 Å². The second-order valence-corrected chi connectivity index (χ2v) is 14.9. The largest absolute Gasteiger partial charge is 0.304 e. The number of alkyl halides is 3. The van der Waals surface area contributed by atoms with Gasteiger partial charge in [-0.2, -0.15) is 0 Å². The number of rotatable bonds is 2. The Bertz CT molecular complexity index is 500. The first-order valence-corrected chi connectivity index (χ1v) is 9.25. The quantitative estimate of drug-likeness (QED) is 0.566. The number of hydrogen-bond donors (Lipinski definition) is 3. The van der Waals surface area contributed by atoms with Crippen LogP contribution < -0.4 is 0 Å². The second kappa shape index (κ2) is 5.08. The Morgan fingerprint density at radius 2 is 1.24 bits per heavy atom. The minimum Gasteiger partial charge on any atom is -0.304 e. The molecule has 0 amide bonds.